The van der Waals surface area contributed by atoms with Crippen molar-refractivity contribution in [2.24, 2.45) is 5.10 Å². The van der Waals surface area contributed by atoms with Crippen molar-refractivity contribution in [2.75, 3.05) is 5.43 Å². The fourth-order valence-electron chi connectivity index (χ4n) is 1.59. The molecule has 0 saturated carbocycles. The molecule has 0 aliphatic carbocycles. The van der Waals surface area contributed by atoms with Crippen LogP contribution in [0.3, 0.4) is 0 Å². The number of rotatable bonds is 4. The molecule has 2 aromatic carbocycles. The molecule has 2 N–H and O–H groups in total. The second kappa shape index (κ2) is 6.83. The minimum absolute atomic E-state index is 0.103. The molecule has 0 heterocycles. The van der Waals surface area contributed by atoms with E-state index in [-0.39, 0.29) is 10.6 Å². The van der Waals surface area contributed by atoms with Crippen molar-refractivity contribution in [1.82, 2.24) is 0 Å². The van der Waals surface area contributed by atoms with Crippen LogP contribution in [0.2, 0.25) is 15.1 Å². The van der Waals surface area contributed by atoms with Gasteiger partial charge in [-0.3, -0.25) is 15.5 Å². The zero-order valence-electron chi connectivity index (χ0n) is 10.8. The predicted octanol–water partition coefficient (Wildman–Crippen LogP) is 4.71. The Kier molecular flexibility index (Phi) is 5.07. The summed E-state index contributed by atoms with van der Waals surface area (Å²) >= 11 is 17.4. The molecule has 0 aliphatic rings. The number of hydrazone groups is 1. The van der Waals surface area contributed by atoms with Gasteiger partial charge in [-0.25, -0.2) is 0 Å². The Hall–Kier alpha value is -2.02. The number of nitrogens with zero attached hydrogens (tertiary/aromatic N) is 2. The van der Waals surface area contributed by atoms with Gasteiger partial charge in [0.2, 0.25) is 5.75 Å². The molecular formula is C13H8Cl3N3O3. The molecule has 0 saturated heterocycles. The summed E-state index contributed by atoms with van der Waals surface area (Å²) in [6.45, 7) is 0. The molecule has 9 heteroatoms. The molecule has 6 nitrogen and oxygen atoms in total. The highest BCUT2D eigenvalue weighted by Gasteiger charge is 2.17. The summed E-state index contributed by atoms with van der Waals surface area (Å²) in [5.41, 5.74) is 2.82. The Labute approximate surface area is 140 Å². The van der Waals surface area contributed by atoms with Crippen molar-refractivity contribution in [3.8, 4) is 5.75 Å². The van der Waals surface area contributed by atoms with Crippen molar-refractivity contribution >= 4 is 52.4 Å². The Morgan fingerprint density at radius 1 is 1.18 bits per heavy atom. The summed E-state index contributed by atoms with van der Waals surface area (Å²) in [6.07, 6.45) is 1.21. The van der Waals surface area contributed by atoms with E-state index in [0.717, 1.165) is 6.07 Å². The highest BCUT2D eigenvalue weighted by Crippen LogP contribution is 2.32. The molecule has 0 unspecified atom stereocenters. The summed E-state index contributed by atoms with van der Waals surface area (Å²) in [5.74, 6) is -0.519. The third-order valence-electron chi connectivity index (χ3n) is 2.60. The Morgan fingerprint density at radius 3 is 2.55 bits per heavy atom. The van der Waals surface area contributed by atoms with Gasteiger partial charge in [-0.05, 0) is 24.3 Å². The zero-order valence-corrected chi connectivity index (χ0v) is 13.0. The van der Waals surface area contributed by atoms with Gasteiger partial charge in [0.1, 0.15) is 0 Å². The maximum absolute atomic E-state index is 10.8. The fraction of sp³-hybridized carbons (Fsp3) is 0. The molecule has 0 radical (unpaired) electrons. The van der Waals surface area contributed by atoms with E-state index in [0.29, 0.717) is 15.7 Å². The molecule has 0 amide bonds. The number of phenols is 1. The van der Waals surface area contributed by atoms with E-state index in [2.05, 4.69) is 10.5 Å². The molecule has 0 aliphatic heterocycles. The van der Waals surface area contributed by atoms with E-state index >= 15 is 0 Å². The molecule has 0 aromatic heterocycles. The number of hydrogen-bond donors (Lipinski definition) is 2. The lowest BCUT2D eigenvalue weighted by Gasteiger charge is -2.03. The first-order valence-corrected chi connectivity index (χ1v) is 6.93. The molecule has 22 heavy (non-hydrogen) atoms. The molecule has 0 spiro atoms. The molecular weight excluding hydrogens is 353 g/mol. The maximum atomic E-state index is 10.8. The Balaban J connectivity index is 2.23. The van der Waals surface area contributed by atoms with E-state index in [9.17, 15) is 15.2 Å². The normalized spacial score (nSPS) is 10.9. The minimum atomic E-state index is -0.731. The van der Waals surface area contributed by atoms with Gasteiger partial charge in [0.25, 0.3) is 0 Å². The summed E-state index contributed by atoms with van der Waals surface area (Å²) in [5, 5.41) is 25.3. The van der Waals surface area contributed by atoms with E-state index in [1.54, 1.807) is 18.2 Å². The third kappa shape index (κ3) is 3.79. The predicted molar refractivity (Wildman–Crippen MR) is 87.4 cm³/mol. The second-order valence-corrected chi connectivity index (χ2v) is 5.37. The molecule has 2 rings (SSSR count). The number of nitrogens with one attached hydrogen (secondary N) is 1. The SMILES string of the molecule is O=[N+]([O-])c1cc(Cl)cc(C=NNc2ccc(Cl)c(Cl)c2)c1O. The first kappa shape index (κ1) is 16.4. The molecule has 2 aromatic rings. The standard InChI is InChI=1S/C13H8Cl3N3O3/c14-8-3-7(13(20)12(4-8)19(21)22)6-17-18-9-1-2-10(15)11(16)5-9/h1-6,18,20H. The van der Waals surface area contributed by atoms with Gasteiger partial charge < -0.3 is 5.11 Å². The lowest BCUT2D eigenvalue weighted by Crippen LogP contribution is -1.95. The average molecular weight is 361 g/mol. The van der Waals surface area contributed by atoms with Crippen LogP contribution in [-0.4, -0.2) is 16.2 Å². The van der Waals surface area contributed by atoms with Crippen LogP contribution in [0, 0.1) is 10.1 Å². The fourth-order valence-corrected chi connectivity index (χ4v) is 2.10. The van der Waals surface area contributed by atoms with Crippen molar-refractivity contribution in [3.63, 3.8) is 0 Å². The van der Waals surface area contributed by atoms with Crippen LogP contribution >= 0.6 is 34.8 Å². The van der Waals surface area contributed by atoms with E-state index in [1.165, 1.54) is 12.3 Å². The van der Waals surface area contributed by atoms with Crippen LogP contribution in [0.5, 0.6) is 5.75 Å². The van der Waals surface area contributed by atoms with Gasteiger partial charge in [-0.15, -0.1) is 0 Å². The van der Waals surface area contributed by atoms with E-state index < -0.39 is 16.4 Å². The minimum Gasteiger partial charge on any atom is -0.502 e. The first-order valence-electron chi connectivity index (χ1n) is 5.79. The van der Waals surface area contributed by atoms with Crippen LogP contribution in [0.15, 0.2) is 35.4 Å². The smallest absolute Gasteiger partial charge is 0.312 e. The number of nitro groups is 1. The Morgan fingerprint density at radius 2 is 1.91 bits per heavy atom. The summed E-state index contributed by atoms with van der Waals surface area (Å²) in [7, 11) is 0. The monoisotopic (exact) mass is 359 g/mol. The first-order chi connectivity index (χ1) is 10.4. The van der Waals surface area contributed by atoms with Gasteiger partial charge in [0.05, 0.1) is 26.9 Å². The van der Waals surface area contributed by atoms with Crippen LogP contribution in [0.1, 0.15) is 5.56 Å². The third-order valence-corrected chi connectivity index (χ3v) is 3.55. The van der Waals surface area contributed by atoms with Crippen molar-refractivity contribution in [3.05, 3.63) is 61.1 Å². The largest absolute Gasteiger partial charge is 0.502 e. The quantitative estimate of drug-likeness (QED) is 0.469. The highest BCUT2D eigenvalue weighted by atomic mass is 35.5. The van der Waals surface area contributed by atoms with E-state index in [1.807, 2.05) is 0 Å². The second-order valence-electron chi connectivity index (χ2n) is 4.12. The number of anilines is 1. The van der Waals surface area contributed by atoms with Crippen LogP contribution in [0.25, 0.3) is 0 Å². The number of phenolic OH excluding ortho intramolecular Hbond substituents is 1. The van der Waals surface area contributed by atoms with Crippen LogP contribution < -0.4 is 5.43 Å². The number of nitro benzene ring substituents is 1. The number of benzene rings is 2. The number of hydrogen-bond acceptors (Lipinski definition) is 5. The van der Waals surface area contributed by atoms with Gasteiger partial charge in [0.15, 0.2) is 0 Å². The van der Waals surface area contributed by atoms with Crippen LogP contribution in [0.4, 0.5) is 11.4 Å². The van der Waals surface area contributed by atoms with Crippen molar-refractivity contribution in [1.29, 1.82) is 0 Å². The Bertz CT molecular complexity index is 766. The van der Waals surface area contributed by atoms with Crippen LogP contribution in [-0.2, 0) is 0 Å². The van der Waals surface area contributed by atoms with Gasteiger partial charge in [0, 0.05) is 16.7 Å². The number of aromatic hydroxyl groups is 1. The topological polar surface area (TPSA) is 87.8 Å². The van der Waals surface area contributed by atoms with Crippen molar-refractivity contribution in [2.45, 2.75) is 0 Å². The van der Waals surface area contributed by atoms with E-state index in [4.69, 9.17) is 34.8 Å². The lowest BCUT2D eigenvalue weighted by atomic mass is 10.2. The summed E-state index contributed by atoms with van der Waals surface area (Å²) < 4.78 is 0. The van der Waals surface area contributed by atoms with Gasteiger partial charge in [-0.1, -0.05) is 34.8 Å². The summed E-state index contributed by atoms with van der Waals surface area (Å²) in [4.78, 5) is 10.1. The lowest BCUT2D eigenvalue weighted by molar-refractivity contribution is -0.385. The molecule has 0 atom stereocenters. The van der Waals surface area contributed by atoms with Crippen molar-refractivity contribution < 1.29 is 10.0 Å². The maximum Gasteiger partial charge on any atom is 0.312 e. The average Bonchev–Trinajstić information content (AvgIpc) is 2.45. The van der Waals surface area contributed by atoms with Gasteiger partial charge in [-0.2, -0.15) is 5.10 Å². The summed E-state index contributed by atoms with van der Waals surface area (Å²) in [6, 6.07) is 7.20. The molecule has 0 fully saturated rings. The zero-order chi connectivity index (χ0) is 16.3. The molecule has 0 bridgehead atoms. The van der Waals surface area contributed by atoms with Gasteiger partial charge >= 0.3 is 5.69 Å². The highest BCUT2D eigenvalue weighted by molar-refractivity contribution is 6.42. The molecule has 114 valence electrons. The number of halogens is 3.